The Kier molecular flexibility index (Phi) is 4.78. The van der Waals surface area contributed by atoms with Crippen molar-refractivity contribution in [3.05, 3.63) is 46.9 Å². The number of phenolic OH excluding ortho intramolecular Hbond substituents is 1. The second-order valence-corrected chi connectivity index (χ2v) is 8.67. The third-order valence-corrected chi connectivity index (χ3v) is 6.64. The predicted octanol–water partition coefficient (Wildman–Crippen LogP) is 4.66. The van der Waals surface area contributed by atoms with Crippen molar-refractivity contribution < 1.29 is 24.1 Å². The highest BCUT2D eigenvalue weighted by molar-refractivity contribution is 6.35. The van der Waals surface area contributed by atoms with Crippen molar-refractivity contribution in [1.82, 2.24) is 9.88 Å². The van der Waals surface area contributed by atoms with Gasteiger partial charge in [0.05, 0.1) is 29.0 Å². The lowest BCUT2D eigenvalue weighted by molar-refractivity contribution is 0.100. The molecule has 1 amide bonds. The number of halogens is 2. The van der Waals surface area contributed by atoms with Gasteiger partial charge in [-0.1, -0.05) is 17.7 Å². The third kappa shape index (κ3) is 3.01. The monoisotopic (exact) mass is 457 g/mol. The van der Waals surface area contributed by atoms with Crippen LogP contribution in [0.25, 0.3) is 22.0 Å². The standard InChI is InChI=1S/C23H21ClFN3O4/c1-11-8-28-13(9-27(11)23(30)31)10-32-18-7-26-21-12(2)19(15(24)6-14(21)22(18)28)20-16(25)4-3-5-17(20)29/h3-7,11,13,29H,8-10H2,1-2H3,(H,30,31)/t11-,13-/m1/s1. The number of piperazine rings is 1. The number of anilines is 1. The molecule has 2 atom stereocenters. The zero-order valence-electron chi connectivity index (χ0n) is 17.5. The molecule has 0 aliphatic carbocycles. The van der Waals surface area contributed by atoms with Crippen LogP contribution in [0.5, 0.6) is 11.5 Å². The van der Waals surface area contributed by atoms with Gasteiger partial charge in [-0.05, 0) is 37.6 Å². The van der Waals surface area contributed by atoms with Gasteiger partial charge in [-0.3, -0.25) is 4.98 Å². The van der Waals surface area contributed by atoms with Crippen LogP contribution < -0.4 is 9.64 Å². The Morgan fingerprint density at radius 3 is 2.81 bits per heavy atom. The molecule has 7 nitrogen and oxygen atoms in total. The number of ether oxygens (including phenoxy) is 1. The van der Waals surface area contributed by atoms with Crippen molar-refractivity contribution in [2.75, 3.05) is 24.6 Å². The highest BCUT2D eigenvalue weighted by Crippen LogP contribution is 2.46. The lowest BCUT2D eigenvalue weighted by atomic mass is 9.94. The van der Waals surface area contributed by atoms with Gasteiger partial charge in [0.15, 0.2) is 5.75 Å². The SMILES string of the molecule is Cc1c(-c2c(O)cccc2F)c(Cl)cc2c3c(cnc12)OC[C@H]1CN(C(=O)O)[C@H](C)CN31. The van der Waals surface area contributed by atoms with E-state index < -0.39 is 11.9 Å². The van der Waals surface area contributed by atoms with Gasteiger partial charge in [0.1, 0.15) is 18.2 Å². The van der Waals surface area contributed by atoms with E-state index in [1.165, 1.54) is 23.1 Å². The number of carbonyl (C=O) groups is 1. The first-order valence-electron chi connectivity index (χ1n) is 10.3. The average molecular weight is 458 g/mol. The maximum absolute atomic E-state index is 14.6. The van der Waals surface area contributed by atoms with Crippen LogP contribution in [-0.4, -0.2) is 58.0 Å². The molecule has 2 N–H and O–H groups in total. The fourth-order valence-electron chi connectivity index (χ4n) is 4.81. The van der Waals surface area contributed by atoms with Crippen LogP contribution in [0.1, 0.15) is 12.5 Å². The Hall–Kier alpha value is -3.26. The first-order valence-corrected chi connectivity index (χ1v) is 10.6. The summed E-state index contributed by atoms with van der Waals surface area (Å²) < 4.78 is 20.5. The molecule has 9 heteroatoms. The minimum Gasteiger partial charge on any atom is -0.507 e. The number of aromatic nitrogens is 1. The number of hydrogen-bond acceptors (Lipinski definition) is 5. The molecule has 2 aliphatic heterocycles. The van der Waals surface area contributed by atoms with Crippen LogP contribution in [0.15, 0.2) is 30.5 Å². The van der Waals surface area contributed by atoms with Gasteiger partial charge in [0.2, 0.25) is 0 Å². The van der Waals surface area contributed by atoms with E-state index in [2.05, 4.69) is 9.88 Å². The lowest BCUT2D eigenvalue weighted by Crippen LogP contribution is -2.61. The summed E-state index contributed by atoms with van der Waals surface area (Å²) >= 11 is 6.65. The third-order valence-electron chi connectivity index (χ3n) is 6.34. The van der Waals surface area contributed by atoms with Gasteiger partial charge < -0.3 is 24.7 Å². The molecule has 5 rings (SSSR count). The summed E-state index contributed by atoms with van der Waals surface area (Å²) in [6.45, 7) is 4.85. The Labute approximate surface area is 188 Å². The van der Waals surface area contributed by atoms with E-state index >= 15 is 0 Å². The summed E-state index contributed by atoms with van der Waals surface area (Å²) in [4.78, 5) is 19.7. The molecule has 3 aromatic rings. The van der Waals surface area contributed by atoms with Crippen molar-refractivity contribution >= 4 is 34.3 Å². The molecular weight excluding hydrogens is 437 g/mol. The molecular formula is C23H21ClFN3O4. The zero-order valence-corrected chi connectivity index (χ0v) is 18.2. The molecule has 2 aliphatic rings. The first kappa shape index (κ1) is 20.6. The smallest absolute Gasteiger partial charge is 0.407 e. The molecule has 166 valence electrons. The number of fused-ring (bicyclic) bond motifs is 5. The normalized spacial score (nSPS) is 20.0. The number of aryl methyl sites for hydroxylation is 1. The number of nitrogens with zero attached hydrogens (tertiary/aromatic N) is 3. The van der Waals surface area contributed by atoms with E-state index in [9.17, 15) is 19.4 Å². The second kappa shape index (κ2) is 7.41. The van der Waals surface area contributed by atoms with Crippen molar-refractivity contribution in [1.29, 1.82) is 0 Å². The van der Waals surface area contributed by atoms with Crippen LogP contribution in [0.3, 0.4) is 0 Å². The minimum absolute atomic E-state index is 0.0363. The fraction of sp³-hybridized carbons (Fsp3) is 0.304. The van der Waals surface area contributed by atoms with E-state index in [1.807, 2.05) is 6.92 Å². The van der Waals surface area contributed by atoms with E-state index in [0.29, 0.717) is 42.1 Å². The van der Waals surface area contributed by atoms with Gasteiger partial charge in [-0.2, -0.15) is 0 Å². The molecule has 1 aromatic heterocycles. The van der Waals surface area contributed by atoms with Crippen LogP contribution >= 0.6 is 11.6 Å². The highest BCUT2D eigenvalue weighted by Gasteiger charge is 2.39. The average Bonchev–Trinajstić information content (AvgIpc) is 2.74. The molecule has 3 heterocycles. The lowest BCUT2D eigenvalue weighted by Gasteiger charge is -2.48. The van der Waals surface area contributed by atoms with E-state index in [0.717, 1.165) is 11.1 Å². The quantitative estimate of drug-likeness (QED) is 0.553. The van der Waals surface area contributed by atoms with Crippen molar-refractivity contribution in [2.45, 2.75) is 25.9 Å². The number of phenols is 1. The van der Waals surface area contributed by atoms with Crippen LogP contribution in [-0.2, 0) is 0 Å². The van der Waals surface area contributed by atoms with Crippen LogP contribution in [0, 0.1) is 12.7 Å². The van der Waals surface area contributed by atoms with Crippen LogP contribution in [0.4, 0.5) is 14.9 Å². The van der Waals surface area contributed by atoms with Gasteiger partial charge >= 0.3 is 6.09 Å². The Morgan fingerprint density at radius 2 is 2.09 bits per heavy atom. The number of pyridine rings is 1. The summed E-state index contributed by atoms with van der Waals surface area (Å²) in [7, 11) is 0. The number of benzene rings is 2. The summed E-state index contributed by atoms with van der Waals surface area (Å²) in [6.07, 6.45) is 0.685. The Morgan fingerprint density at radius 1 is 1.31 bits per heavy atom. The molecule has 1 saturated heterocycles. The van der Waals surface area contributed by atoms with Gasteiger partial charge in [-0.15, -0.1) is 0 Å². The molecule has 0 radical (unpaired) electrons. The molecule has 0 spiro atoms. The number of carboxylic acid groups (broad SMARTS) is 1. The highest BCUT2D eigenvalue weighted by atomic mass is 35.5. The fourth-order valence-corrected chi connectivity index (χ4v) is 5.15. The Balaban J connectivity index is 1.70. The van der Waals surface area contributed by atoms with Gasteiger partial charge in [-0.25, -0.2) is 9.18 Å². The number of amides is 1. The van der Waals surface area contributed by atoms with E-state index in [1.54, 1.807) is 19.2 Å². The summed E-state index contributed by atoms with van der Waals surface area (Å²) in [5.41, 5.74) is 2.48. The van der Waals surface area contributed by atoms with E-state index in [-0.39, 0.29) is 28.4 Å². The predicted molar refractivity (Wildman–Crippen MR) is 119 cm³/mol. The summed E-state index contributed by atoms with van der Waals surface area (Å²) in [5.74, 6) is -0.176. The maximum Gasteiger partial charge on any atom is 0.407 e. The maximum atomic E-state index is 14.6. The summed E-state index contributed by atoms with van der Waals surface area (Å²) in [6, 6.07) is 5.50. The molecule has 0 bridgehead atoms. The molecule has 1 fully saturated rings. The second-order valence-electron chi connectivity index (χ2n) is 8.26. The largest absolute Gasteiger partial charge is 0.507 e. The number of aromatic hydroxyl groups is 1. The zero-order chi connectivity index (χ0) is 22.7. The van der Waals surface area contributed by atoms with Crippen molar-refractivity contribution in [2.24, 2.45) is 0 Å². The van der Waals surface area contributed by atoms with Crippen molar-refractivity contribution in [3.63, 3.8) is 0 Å². The molecule has 0 saturated carbocycles. The van der Waals surface area contributed by atoms with Gasteiger partial charge in [0.25, 0.3) is 0 Å². The first-order chi connectivity index (χ1) is 15.3. The van der Waals surface area contributed by atoms with Crippen LogP contribution in [0.2, 0.25) is 5.02 Å². The minimum atomic E-state index is -0.948. The molecule has 2 aromatic carbocycles. The topological polar surface area (TPSA) is 86.1 Å². The molecule has 0 unspecified atom stereocenters. The molecule has 32 heavy (non-hydrogen) atoms. The van der Waals surface area contributed by atoms with Crippen molar-refractivity contribution in [3.8, 4) is 22.6 Å². The Bertz CT molecular complexity index is 1250. The number of rotatable bonds is 1. The summed E-state index contributed by atoms with van der Waals surface area (Å²) in [5, 5.41) is 20.8. The van der Waals surface area contributed by atoms with Gasteiger partial charge in [0, 0.05) is 35.1 Å². The number of hydrogen-bond donors (Lipinski definition) is 2. The van der Waals surface area contributed by atoms with E-state index in [4.69, 9.17) is 16.3 Å².